The second-order valence-electron chi connectivity index (χ2n) is 2.88. The highest BCUT2D eigenvalue weighted by Crippen LogP contribution is 2.08. The Bertz CT molecular complexity index is 294. The van der Waals surface area contributed by atoms with Crippen LogP contribution in [0.4, 0.5) is 0 Å². The Morgan fingerprint density at radius 3 is 2.92 bits per heavy atom. The summed E-state index contributed by atoms with van der Waals surface area (Å²) in [5.74, 6) is -0.272. The van der Waals surface area contributed by atoms with Crippen LogP contribution in [-0.2, 0) is 16.0 Å². The van der Waals surface area contributed by atoms with Gasteiger partial charge in [-0.05, 0) is 18.9 Å². The van der Waals surface area contributed by atoms with E-state index in [0.717, 1.165) is 12.0 Å². The van der Waals surface area contributed by atoms with Gasteiger partial charge >= 0.3 is 5.97 Å². The summed E-state index contributed by atoms with van der Waals surface area (Å²) in [7, 11) is 1.38. The van der Waals surface area contributed by atoms with E-state index in [9.17, 15) is 4.79 Å². The minimum absolute atomic E-state index is 0.272. The number of esters is 1. The third-order valence-corrected chi connectivity index (χ3v) is 2.00. The highest BCUT2D eigenvalue weighted by molar-refractivity contribution is 5.73. The van der Waals surface area contributed by atoms with E-state index < -0.39 is 0 Å². The van der Waals surface area contributed by atoms with E-state index in [-0.39, 0.29) is 12.0 Å². The number of rotatable bonds is 3. The SMILES string of the molecule is CCc1cnn(C(C)C(=O)OC)c1. The summed E-state index contributed by atoms with van der Waals surface area (Å²) in [5, 5.41) is 4.07. The van der Waals surface area contributed by atoms with Crippen molar-refractivity contribution in [3.05, 3.63) is 18.0 Å². The zero-order valence-electron chi connectivity index (χ0n) is 8.15. The molecule has 1 unspecified atom stereocenters. The molecule has 4 nitrogen and oxygen atoms in total. The van der Waals surface area contributed by atoms with Crippen LogP contribution >= 0.6 is 0 Å². The summed E-state index contributed by atoms with van der Waals surface area (Å²) in [6, 6.07) is -0.342. The maximum absolute atomic E-state index is 11.1. The average molecular weight is 182 g/mol. The first-order chi connectivity index (χ1) is 6.19. The molecule has 1 aromatic heterocycles. The van der Waals surface area contributed by atoms with Gasteiger partial charge in [0.25, 0.3) is 0 Å². The topological polar surface area (TPSA) is 44.1 Å². The quantitative estimate of drug-likeness (QED) is 0.659. The first-order valence-electron chi connectivity index (χ1n) is 4.30. The number of methoxy groups -OCH3 is 1. The van der Waals surface area contributed by atoms with E-state index in [4.69, 9.17) is 0 Å². The Morgan fingerprint density at radius 1 is 1.77 bits per heavy atom. The Kier molecular flexibility index (Phi) is 3.06. The van der Waals surface area contributed by atoms with Crippen LogP contribution in [0.15, 0.2) is 12.4 Å². The first-order valence-corrected chi connectivity index (χ1v) is 4.30. The zero-order chi connectivity index (χ0) is 9.84. The molecule has 0 aliphatic rings. The number of aryl methyl sites for hydroxylation is 1. The highest BCUT2D eigenvalue weighted by Gasteiger charge is 2.15. The average Bonchev–Trinajstić information content (AvgIpc) is 2.63. The molecule has 0 aliphatic carbocycles. The molecule has 4 heteroatoms. The van der Waals surface area contributed by atoms with Gasteiger partial charge in [0.2, 0.25) is 0 Å². The maximum Gasteiger partial charge on any atom is 0.330 e. The minimum Gasteiger partial charge on any atom is -0.467 e. The number of aromatic nitrogens is 2. The third-order valence-electron chi connectivity index (χ3n) is 2.00. The number of hydrogen-bond acceptors (Lipinski definition) is 3. The summed E-state index contributed by atoms with van der Waals surface area (Å²) in [6.07, 6.45) is 4.55. The molecular weight excluding hydrogens is 168 g/mol. The molecular formula is C9H14N2O2. The predicted octanol–water partition coefficient (Wildman–Crippen LogP) is 1.18. The molecule has 0 radical (unpaired) electrons. The molecule has 0 fully saturated rings. The van der Waals surface area contributed by atoms with Crippen LogP contribution in [0.2, 0.25) is 0 Å². The van der Waals surface area contributed by atoms with Crippen LogP contribution in [0.25, 0.3) is 0 Å². The number of carbonyl (C=O) groups is 1. The molecule has 0 amide bonds. The van der Waals surface area contributed by atoms with Crippen molar-refractivity contribution in [1.82, 2.24) is 9.78 Å². The molecule has 13 heavy (non-hydrogen) atoms. The van der Waals surface area contributed by atoms with Crippen molar-refractivity contribution in [2.24, 2.45) is 0 Å². The second-order valence-corrected chi connectivity index (χ2v) is 2.88. The smallest absolute Gasteiger partial charge is 0.330 e. The fraction of sp³-hybridized carbons (Fsp3) is 0.556. The second kappa shape index (κ2) is 4.07. The van der Waals surface area contributed by atoms with Crippen molar-refractivity contribution in [3.8, 4) is 0 Å². The summed E-state index contributed by atoms with van der Waals surface area (Å²) < 4.78 is 6.23. The van der Waals surface area contributed by atoms with E-state index in [1.807, 2.05) is 13.1 Å². The van der Waals surface area contributed by atoms with Gasteiger partial charge in [0.05, 0.1) is 13.3 Å². The molecule has 0 spiro atoms. The minimum atomic E-state index is -0.342. The van der Waals surface area contributed by atoms with Gasteiger partial charge in [-0.2, -0.15) is 5.10 Å². The van der Waals surface area contributed by atoms with Gasteiger partial charge in [-0.1, -0.05) is 6.92 Å². The van der Waals surface area contributed by atoms with Crippen molar-refractivity contribution < 1.29 is 9.53 Å². The van der Waals surface area contributed by atoms with Gasteiger partial charge < -0.3 is 4.74 Å². The van der Waals surface area contributed by atoms with Crippen molar-refractivity contribution in [1.29, 1.82) is 0 Å². The van der Waals surface area contributed by atoms with E-state index in [1.165, 1.54) is 7.11 Å². The number of nitrogens with zero attached hydrogens (tertiary/aromatic N) is 2. The summed E-state index contributed by atoms with van der Waals surface area (Å²) in [6.45, 7) is 3.81. The number of ether oxygens (including phenoxy) is 1. The molecule has 0 bridgehead atoms. The molecule has 1 rings (SSSR count). The first kappa shape index (κ1) is 9.77. The lowest BCUT2D eigenvalue weighted by molar-refractivity contribution is -0.144. The molecule has 0 aliphatic heterocycles. The fourth-order valence-electron chi connectivity index (χ4n) is 1.05. The Labute approximate surface area is 77.5 Å². The summed E-state index contributed by atoms with van der Waals surface area (Å²) in [4.78, 5) is 11.1. The van der Waals surface area contributed by atoms with E-state index >= 15 is 0 Å². The van der Waals surface area contributed by atoms with E-state index in [0.29, 0.717) is 0 Å². The molecule has 0 saturated carbocycles. The standard InChI is InChI=1S/C9H14N2O2/c1-4-8-5-10-11(6-8)7(2)9(12)13-3/h5-7H,4H2,1-3H3. The van der Waals surface area contributed by atoms with Crippen LogP contribution < -0.4 is 0 Å². The van der Waals surface area contributed by atoms with Crippen LogP contribution in [0.5, 0.6) is 0 Å². The normalized spacial score (nSPS) is 12.5. The van der Waals surface area contributed by atoms with Crippen molar-refractivity contribution >= 4 is 5.97 Å². The summed E-state index contributed by atoms with van der Waals surface area (Å²) >= 11 is 0. The van der Waals surface area contributed by atoms with Gasteiger partial charge in [-0.3, -0.25) is 4.68 Å². The Balaban J connectivity index is 2.76. The predicted molar refractivity (Wildman–Crippen MR) is 48.3 cm³/mol. The lowest BCUT2D eigenvalue weighted by Gasteiger charge is -2.08. The van der Waals surface area contributed by atoms with Crippen molar-refractivity contribution in [2.75, 3.05) is 7.11 Å². The maximum atomic E-state index is 11.1. The van der Waals surface area contributed by atoms with Crippen molar-refractivity contribution in [3.63, 3.8) is 0 Å². The third kappa shape index (κ3) is 2.08. The van der Waals surface area contributed by atoms with Crippen LogP contribution in [0.3, 0.4) is 0 Å². The van der Waals surface area contributed by atoms with Crippen LogP contribution in [0.1, 0.15) is 25.5 Å². The highest BCUT2D eigenvalue weighted by atomic mass is 16.5. The van der Waals surface area contributed by atoms with Gasteiger partial charge in [0.15, 0.2) is 0 Å². The molecule has 0 aromatic carbocycles. The molecule has 0 N–H and O–H groups in total. The monoisotopic (exact) mass is 182 g/mol. The van der Waals surface area contributed by atoms with Gasteiger partial charge in [0, 0.05) is 6.20 Å². The number of hydrogen-bond donors (Lipinski definition) is 0. The fourth-order valence-corrected chi connectivity index (χ4v) is 1.05. The Hall–Kier alpha value is -1.32. The molecule has 0 saturated heterocycles. The number of carbonyl (C=O) groups excluding carboxylic acids is 1. The van der Waals surface area contributed by atoms with E-state index in [2.05, 4.69) is 9.84 Å². The lowest BCUT2D eigenvalue weighted by Crippen LogP contribution is -2.17. The van der Waals surface area contributed by atoms with Gasteiger partial charge in [-0.25, -0.2) is 4.79 Å². The van der Waals surface area contributed by atoms with Crippen LogP contribution in [-0.4, -0.2) is 22.9 Å². The van der Waals surface area contributed by atoms with Crippen LogP contribution in [0, 0.1) is 0 Å². The van der Waals surface area contributed by atoms with Crippen molar-refractivity contribution in [2.45, 2.75) is 26.3 Å². The lowest BCUT2D eigenvalue weighted by atomic mass is 10.3. The largest absolute Gasteiger partial charge is 0.467 e. The molecule has 1 aromatic rings. The molecule has 1 atom stereocenters. The zero-order valence-corrected chi connectivity index (χ0v) is 8.15. The van der Waals surface area contributed by atoms with E-state index in [1.54, 1.807) is 17.8 Å². The molecule has 72 valence electrons. The van der Waals surface area contributed by atoms with Gasteiger partial charge in [-0.15, -0.1) is 0 Å². The Morgan fingerprint density at radius 2 is 2.46 bits per heavy atom. The summed E-state index contributed by atoms with van der Waals surface area (Å²) in [5.41, 5.74) is 1.12. The molecule has 1 heterocycles. The van der Waals surface area contributed by atoms with Gasteiger partial charge in [0.1, 0.15) is 6.04 Å².